The van der Waals surface area contributed by atoms with Crippen molar-refractivity contribution in [2.45, 2.75) is 38.7 Å². The second-order valence-electron chi connectivity index (χ2n) is 6.52. The Labute approximate surface area is 130 Å². The number of amides is 1. The van der Waals surface area contributed by atoms with E-state index in [1.54, 1.807) is 11.3 Å². The predicted octanol–water partition coefficient (Wildman–Crippen LogP) is 1.95. The van der Waals surface area contributed by atoms with Crippen LogP contribution in [0.4, 0.5) is 9.93 Å². The fourth-order valence-electron chi connectivity index (χ4n) is 1.59. The number of alkyl carbamates (subject to hydrolysis) is 1. The van der Waals surface area contributed by atoms with Gasteiger partial charge in [-0.2, -0.15) is 0 Å². The van der Waals surface area contributed by atoms with Gasteiger partial charge < -0.3 is 20.7 Å². The van der Waals surface area contributed by atoms with Crippen molar-refractivity contribution >= 4 is 22.6 Å². The largest absolute Gasteiger partial charge is 0.444 e. The molecule has 0 spiro atoms. The van der Waals surface area contributed by atoms with E-state index in [0.29, 0.717) is 13.1 Å². The highest BCUT2D eigenvalue weighted by atomic mass is 32.1. The molecule has 1 atom stereocenters. The van der Waals surface area contributed by atoms with Crippen LogP contribution < -0.4 is 16.0 Å². The van der Waals surface area contributed by atoms with Crippen molar-refractivity contribution in [2.75, 3.05) is 32.1 Å². The van der Waals surface area contributed by atoms with Crippen LogP contribution in [0.5, 0.6) is 0 Å². The van der Waals surface area contributed by atoms with E-state index in [1.807, 2.05) is 52.9 Å². The van der Waals surface area contributed by atoms with Crippen molar-refractivity contribution in [1.82, 2.24) is 10.3 Å². The maximum absolute atomic E-state index is 11.8. The molecule has 0 saturated carbocycles. The summed E-state index contributed by atoms with van der Waals surface area (Å²) in [6.07, 6.45) is 1.39. The Bertz CT molecular complexity index is 482. The van der Waals surface area contributed by atoms with E-state index >= 15 is 0 Å². The second kappa shape index (κ2) is 6.62. The number of anilines is 1. The van der Waals surface area contributed by atoms with Crippen LogP contribution in [-0.2, 0) is 10.2 Å². The van der Waals surface area contributed by atoms with E-state index in [2.05, 4.69) is 10.3 Å². The molecule has 1 aromatic heterocycles. The molecule has 0 fully saturated rings. The molecule has 21 heavy (non-hydrogen) atoms. The van der Waals surface area contributed by atoms with Gasteiger partial charge in [0.2, 0.25) is 0 Å². The number of thiazole rings is 1. The van der Waals surface area contributed by atoms with Crippen LogP contribution >= 0.6 is 11.3 Å². The zero-order valence-electron chi connectivity index (χ0n) is 13.7. The average Bonchev–Trinajstić information content (AvgIpc) is 2.84. The standard InChI is InChI=1S/C14H26N4O2S/c1-13(2,3)20-12(19)17-9-14(4,8-15)10-7-16-11(21-10)18(5)6/h7H,8-9,15H2,1-6H3,(H,17,19). The van der Waals surface area contributed by atoms with Crippen molar-refractivity contribution in [1.29, 1.82) is 0 Å². The molecule has 1 aromatic rings. The number of nitrogens with two attached hydrogens (primary N) is 1. The molecule has 1 amide bonds. The molecular weight excluding hydrogens is 288 g/mol. The van der Waals surface area contributed by atoms with Gasteiger partial charge in [-0.25, -0.2) is 9.78 Å². The highest BCUT2D eigenvalue weighted by Gasteiger charge is 2.29. The highest BCUT2D eigenvalue weighted by molar-refractivity contribution is 7.15. The van der Waals surface area contributed by atoms with Crippen molar-refractivity contribution in [3.05, 3.63) is 11.1 Å². The minimum Gasteiger partial charge on any atom is -0.444 e. The normalized spacial score (nSPS) is 14.4. The smallest absolute Gasteiger partial charge is 0.407 e. The van der Waals surface area contributed by atoms with Gasteiger partial charge in [-0.05, 0) is 20.8 Å². The Hall–Kier alpha value is -1.34. The topological polar surface area (TPSA) is 80.5 Å². The quantitative estimate of drug-likeness (QED) is 0.868. The molecule has 0 aliphatic carbocycles. The lowest BCUT2D eigenvalue weighted by Gasteiger charge is -2.27. The number of nitrogens with one attached hydrogen (secondary N) is 1. The van der Waals surface area contributed by atoms with E-state index in [4.69, 9.17) is 10.5 Å². The van der Waals surface area contributed by atoms with Gasteiger partial charge in [0.15, 0.2) is 5.13 Å². The molecule has 0 aliphatic heterocycles. The van der Waals surface area contributed by atoms with Crippen LogP contribution in [0.1, 0.15) is 32.6 Å². The lowest BCUT2D eigenvalue weighted by Crippen LogP contribution is -2.44. The lowest BCUT2D eigenvalue weighted by atomic mass is 9.89. The molecule has 120 valence electrons. The first-order chi connectivity index (χ1) is 9.57. The van der Waals surface area contributed by atoms with E-state index in [9.17, 15) is 4.79 Å². The summed E-state index contributed by atoms with van der Waals surface area (Å²) in [7, 11) is 3.89. The van der Waals surface area contributed by atoms with E-state index in [-0.39, 0.29) is 5.41 Å². The van der Waals surface area contributed by atoms with Crippen LogP contribution in [0.2, 0.25) is 0 Å². The summed E-state index contributed by atoms with van der Waals surface area (Å²) in [5.74, 6) is 0. The van der Waals surface area contributed by atoms with Gasteiger partial charge in [0.1, 0.15) is 5.60 Å². The molecule has 0 saturated heterocycles. The van der Waals surface area contributed by atoms with E-state index < -0.39 is 11.7 Å². The molecular formula is C14H26N4O2S. The summed E-state index contributed by atoms with van der Waals surface area (Å²) >= 11 is 1.58. The van der Waals surface area contributed by atoms with Crippen LogP contribution in [0.3, 0.4) is 0 Å². The third-order valence-corrected chi connectivity index (χ3v) is 4.41. The second-order valence-corrected chi connectivity index (χ2v) is 7.53. The fraction of sp³-hybridized carbons (Fsp3) is 0.714. The Kier molecular flexibility index (Phi) is 5.58. The number of aromatic nitrogens is 1. The molecule has 1 rings (SSSR count). The van der Waals surface area contributed by atoms with Crippen molar-refractivity contribution in [3.63, 3.8) is 0 Å². The summed E-state index contributed by atoms with van der Waals surface area (Å²) in [6.45, 7) is 8.34. The maximum Gasteiger partial charge on any atom is 0.407 e. The van der Waals surface area contributed by atoms with Gasteiger partial charge in [0, 0.05) is 43.7 Å². The highest BCUT2D eigenvalue weighted by Crippen LogP contribution is 2.31. The predicted molar refractivity (Wildman–Crippen MR) is 87.1 cm³/mol. The van der Waals surface area contributed by atoms with Gasteiger partial charge in [-0.15, -0.1) is 11.3 Å². The van der Waals surface area contributed by atoms with Crippen LogP contribution in [0.15, 0.2) is 6.20 Å². The summed E-state index contributed by atoms with van der Waals surface area (Å²) in [4.78, 5) is 19.1. The van der Waals surface area contributed by atoms with Crippen LogP contribution in [0, 0.1) is 0 Å². The van der Waals surface area contributed by atoms with Gasteiger partial charge >= 0.3 is 6.09 Å². The minimum absolute atomic E-state index is 0.358. The van der Waals surface area contributed by atoms with Gasteiger partial charge in [0.25, 0.3) is 0 Å². The first kappa shape index (κ1) is 17.7. The summed E-state index contributed by atoms with van der Waals surface area (Å²) in [5, 5.41) is 3.71. The Morgan fingerprint density at radius 2 is 2.05 bits per heavy atom. The molecule has 0 aromatic carbocycles. The van der Waals surface area contributed by atoms with Crippen LogP contribution in [0.25, 0.3) is 0 Å². The Morgan fingerprint density at radius 3 is 2.48 bits per heavy atom. The van der Waals surface area contributed by atoms with E-state index in [0.717, 1.165) is 10.0 Å². The monoisotopic (exact) mass is 314 g/mol. The number of hydrogen-bond donors (Lipinski definition) is 2. The number of hydrogen-bond acceptors (Lipinski definition) is 6. The molecule has 6 nitrogen and oxygen atoms in total. The van der Waals surface area contributed by atoms with E-state index in [1.165, 1.54) is 0 Å². The summed E-state index contributed by atoms with van der Waals surface area (Å²) in [5.41, 5.74) is 5.04. The van der Waals surface area contributed by atoms with Crippen molar-refractivity contribution in [3.8, 4) is 0 Å². The van der Waals surface area contributed by atoms with Gasteiger partial charge in [-0.3, -0.25) is 0 Å². The third kappa shape index (κ3) is 5.17. The lowest BCUT2D eigenvalue weighted by molar-refractivity contribution is 0.0517. The molecule has 7 heteroatoms. The van der Waals surface area contributed by atoms with Gasteiger partial charge in [0.05, 0.1) is 0 Å². The fourth-order valence-corrected chi connectivity index (χ4v) is 2.58. The Morgan fingerprint density at radius 1 is 1.43 bits per heavy atom. The number of carbonyl (C=O) groups excluding carboxylic acids is 1. The molecule has 0 aliphatic rings. The SMILES string of the molecule is CN(C)c1ncc(C(C)(CN)CNC(=O)OC(C)(C)C)s1. The molecule has 1 unspecified atom stereocenters. The molecule has 1 heterocycles. The van der Waals surface area contributed by atoms with Crippen LogP contribution in [-0.4, -0.2) is 43.9 Å². The first-order valence-electron chi connectivity index (χ1n) is 6.88. The number of ether oxygens (including phenoxy) is 1. The average molecular weight is 314 g/mol. The number of nitrogens with zero attached hydrogens (tertiary/aromatic N) is 2. The first-order valence-corrected chi connectivity index (χ1v) is 7.69. The molecule has 3 N–H and O–H groups in total. The molecule has 0 radical (unpaired) electrons. The zero-order valence-corrected chi connectivity index (χ0v) is 14.5. The van der Waals surface area contributed by atoms with Crippen molar-refractivity contribution < 1.29 is 9.53 Å². The molecule has 0 bridgehead atoms. The third-order valence-electron chi connectivity index (χ3n) is 2.94. The zero-order chi connectivity index (χ0) is 16.3. The Balaban J connectivity index is 2.73. The number of rotatable bonds is 5. The summed E-state index contributed by atoms with van der Waals surface area (Å²) in [6, 6.07) is 0. The van der Waals surface area contributed by atoms with Gasteiger partial charge in [-0.1, -0.05) is 6.92 Å². The summed E-state index contributed by atoms with van der Waals surface area (Å²) < 4.78 is 5.25. The van der Waals surface area contributed by atoms with Crippen molar-refractivity contribution in [2.24, 2.45) is 5.73 Å². The minimum atomic E-state index is -0.508. The number of carbonyl (C=O) groups is 1. The maximum atomic E-state index is 11.8.